The van der Waals surface area contributed by atoms with Crippen LogP contribution >= 0.6 is 0 Å². The van der Waals surface area contributed by atoms with Gasteiger partial charge >= 0.3 is 0 Å². The number of hydrogen-bond donors (Lipinski definition) is 0. The molecule has 0 aromatic heterocycles. The molecule has 1 aliphatic carbocycles. The first-order valence-corrected chi connectivity index (χ1v) is 8.70. The first-order chi connectivity index (χ1) is 9.80. The van der Waals surface area contributed by atoms with E-state index in [1.807, 2.05) is 0 Å². The quantitative estimate of drug-likeness (QED) is 0.603. The fraction of sp³-hybridized carbons (Fsp3) is 0.684. The van der Waals surface area contributed by atoms with E-state index in [0.29, 0.717) is 0 Å². The van der Waals surface area contributed by atoms with Crippen LogP contribution in [0.4, 0.5) is 0 Å². The van der Waals surface area contributed by atoms with Gasteiger partial charge in [-0.25, -0.2) is 0 Å². The Labute approximate surface area is 125 Å². The standard InChI is InChI=1S/C19H32N/c1-3-5-16-20(4-2,19-14-10-7-11-15-19)17-18-12-8-6-9-13-18/h6,8-9,12-13,19H,3-5,7,10-11,14-17H2,1-2H3/q+1. The Kier molecular flexibility index (Phi) is 6.09. The van der Waals surface area contributed by atoms with E-state index in [1.54, 1.807) is 0 Å². The first-order valence-electron chi connectivity index (χ1n) is 8.70. The number of benzene rings is 1. The maximum Gasteiger partial charge on any atom is 0.105 e. The molecule has 20 heavy (non-hydrogen) atoms. The summed E-state index contributed by atoms with van der Waals surface area (Å²) < 4.78 is 1.33. The molecule has 1 fully saturated rings. The molecule has 0 radical (unpaired) electrons. The van der Waals surface area contributed by atoms with Crippen LogP contribution in [0.15, 0.2) is 30.3 Å². The summed E-state index contributed by atoms with van der Waals surface area (Å²) in [6, 6.07) is 12.1. The summed E-state index contributed by atoms with van der Waals surface area (Å²) in [5, 5.41) is 0. The molecule has 0 saturated heterocycles. The molecule has 0 heterocycles. The Balaban J connectivity index is 2.16. The van der Waals surface area contributed by atoms with E-state index in [1.165, 1.54) is 74.6 Å². The zero-order valence-corrected chi connectivity index (χ0v) is 13.5. The van der Waals surface area contributed by atoms with E-state index >= 15 is 0 Å². The smallest absolute Gasteiger partial charge is 0.105 e. The van der Waals surface area contributed by atoms with Gasteiger partial charge in [0.15, 0.2) is 0 Å². The molecule has 112 valence electrons. The molecule has 1 aromatic rings. The van der Waals surface area contributed by atoms with E-state index in [4.69, 9.17) is 0 Å². The molecule has 0 spiro atoms. The van der Waals surface area contributed by atoms with Crippen molar-refractivity contribution in [3.63, 3.8) is 0 Å². The van der Waals surface area contributed by atoms with E-state index in [0.717, 1.165) is 6.04 Å². The summed E-state index contributed by atoms with van der Waals surface area (Å²) in [6.45, 7) is 8.63. The van der Waals surface area contributed by atoms with Crippen molar-refractivity contribution in [3.8, 4) is 0 Å². The molecule has 1 atom stereocenters. The lowest BCUT2D eigenvalue weighted by molar-refractivity contribution is -0.963. The average Bonchev–Trinajstić information content (AvgIpc) is 2.53. The Morgan fingerprint density at radius 1 is 1.00 bits per heavy atom. The Hall–Kier alpha value is -0.820. The van der Waals surface area contributed by atoms with E-state index in [-0.39, 0.29) is 0 Å². The van der Waals surface area contributed by atoms with Crippen molar-refractivity contribution >= 4 is 0 Å². The summed E-state index contributed by atoms with van der Waals surface area (Å²) in [5.41, 5.74) is 1.52. The highest BCUT2D eigenvalue weighted by Gasteiger charge is 2.35. The third-order valence-electron chi connectivity index (χ3n) is 5.28. The van der Waals surface area contributed by atoms with Crippen LogP contribution in [-0.4, -0.2) is 23.6 Å². The minimum atomic E-state index is 0.903. The maximum atomic E-state index is 2.41. The summed E-state index contributed by atoms with van der Waals surface area (Å²) in [5.74, 6) is 0. The van der Waals surface area contributed by atoms with Gasteiger partial charge in [-0.15, -0.1) is 0 Å². The fourth-order valence-corrected chi connectivity index (χ4v) is 3.97. The lowest BCUT2D eigenvalue weighted by Gasteiger charge is -2.46. The van der Waals surface area contributed by atoms with Crippen molar-refractivity contribution in [2.75, 3.05) is 13.1 Å². The summed E-state index contributed by atoms with van der Waals surface area (Å²) in [4.78, 5) is 0. The number of quaternary nitrogens is 1. The van der Waals surface area contributed by atoms with Crippen LogP contribution in [0.5, 0.6) is 0 Å². The van der Waals surface area contributed by atoms with E-state index in [2.05, 4.69) is 44.2 Å². The Morgan fingerprint density at radius 2 is 1.70 bits per heavy atom. The normalized spacial score (nSPS) is 19.7. The number of nitrogens with zero attached hydrogens (tertiary/aromatic N) is 1. The molecule has 1 saturated carbocycles. The molecule has 0 aliphatic heterocycles. The third kappa shape index (κ3) is 3.85. The molecular formula is C19H32N+. The topological polar surface area (TPSA) is 0 Å². The van der Waals surface area contributed by atoms with Crippen molar-refractivity contribution in [1.29, 1.82) is 0 Å². The predicted molar refractivity (Wildman–Crippen MR) is 87.6 cm³/mol. The van der Waals surface area contributed by atoms with Crippen LogP contribution in [0, 0.1) is 0 Å². The zero-order valence-electron chi connectivity index (χ0n) is 13.5. The van der Waals surface area contributed by atoms with Gasteiger partial charge in [0.2, 0.25) is 0 Å². The second-order valence-electron chi connectivity index (χ2n) is 6.55. The number of unbranched alkanes of at least 4 members (excludes halogenated alkanes) is 1. The van der Waals surface area contributed by atoms with Crippen molar-refractivity contribution in [2.24, 2.45) is 0 Å². The van der Waals surface area contributed by atoms with Gasteiger partial charge < -0.3 is 4.48 Å². The van der Waals surface area contributed by atoms with Crippen molar-refractivity contribution in [3.05, 3.63) is 35.9 Å². The summed E-state index contributed by atoms with van der Waals surface area (Å²) in [7, 11) is 0. The van der Waals surface area contributed by atoms with E-state index < -0.39 is 0 Å². The van der Waals surface area contributed by atoms with Gasteiger partial charge in [-0.3, -0.25) is 0 Å². The molecule has 0 amide bonds. The highest BCUT2D eigenvalue weighted by atomic mass is 15.4. The Morgan fingerprint density at radius 3 is 2.30 bits per heavy atom. The highest BCUT2D eigenvalue weighted by molar-refractivity contribution is 5.13. The summed E-state index contributed by atoms with van der Waals surface area (Å²) >= 11 is 0. The van der Waals surface area contributed by atoms with Crippen molar-refractivity contribution < 1.29 is 4.48 Å². The van der Waals surface area contributed by atoms with Crippen LogP contribution in [-0.2, 0) is 6.54 Å². The van der Waals surface area contributed by atoms with Crippen LogP contribution in [0.3, 0.4) is 0 Å². The minimum Gasteiger partial charge on any atom is -0.318 e. The molecule has 1 heteroatoms. The highest BCUT2D eigenvalue weighted by Crippen LogP contribution is 2.31. The van der Waals surface area contributed by atoms with Gasteiger partial charge in [0.1, 0.15) is 6.54 Å². The molecule has 0 bridgehead atoms. The minimum absolute atomic E-state index is 0.903. The first kappa shape index (κ1) is 15.6. The lowest BCUT2D eigenvalue weighted by Crippen LogP contribution is -2.55. The van der Waals surface area contributed by atoms with Crippen LogP contribution < -0.4 is 0 Å². The molecule has 1 aromatic carbocycles. The molecular weight excluding hydrogens is 242 g/mol. The van der Waals surface area contributed by atoms with Gasteiger partial charge in [-0.05, 0) is 39.0 Å². The molecule has 1 aliphatic rings. The third-order valence-corrected chi connectivity index (χ3v) is 5.28. The van der Waals surface area contributed by atoms with E-state index in [9.17, 15) is 0 Å². The zero-order chi connectivity index (χ0) is 14.3. The van der Waals surface area contributed by atoms with Crippen molar-refractivity contribution in [1.82, 2.24) is 0 Å². The van der Waals surface area contributed by atoms with Crippen LogP contribution in [0.1, 0.15) is 64.4 Å². The van der Waals surface area contributed by atoms with Gasteiger partial charge in [-0.1, -0.05) is 50.1 Å². The van der Waals surface area contributed by atoms with Crippen LogP contribution in [0.25, 0.3) is 0 Å². The maximum absolute atomic E-state index is 2.41. The number of hydrogen-bond acceptors (Lipinski definition) is 0. The van der Waals surface area contributed by atoms with Crippen molar-refractivity contribution in [2.45, 2.75) is 71.4 Å². The second kappa shape index (κ2) is 7.83. The van der Waals surface area contributed by atoms with Gasteiger partial charge in [0, 0.05) is 5.56 Å². The van der Waals surface area contributed by atoms with Gasteiger partial charge in [0.05, 0.1) is 19.1 Å². The number of rotatable bonds is 7. The average molecular weight is 274 g/mol. The molecule has 0 N–H and O–H groups in total. The molecule has 1 nitrogen and oxygen atoms in total. The predicted octanol–water partition coefficient (Wildman–Crippen LogP) is 5.16. The van der Waals surface area contributed by atoms with Gasteiger partial charge in [0.25, 0.3) is 0 Å². The molecule has 2 rings (SSSR count). The second-order valence-corrected chi connectivity index (χ2v) is 6.55. The largest absolute Gasteiger partial charge is 0.318 e. The Bertz CT molecular complexity index is 367. The summed E-state index contributed by atoms with van der Waals surface area (Å²) in [6.07, 6.45) is 9.95. The van der Waals surface area contributed by atoms with Gasteiger partial charge in [-0.2, -0.15) is 0 Å². The fourth-order valence-electron chi connectivity index (χ4n) is 3.97. The lowest BCUT2D eigenvalue weighted by atomic mass is 9.91. The SMILES string of the molecule is CCCC[N+](CC)(Cc1ccccc1)C1CCCCC1. The van der Waals surface area contributed by atoms with Crippen LogP contribution in [0.2, 0.25) is 0 Å². The monoisotopic (exact) mass is 274 g/mol. The molecule has 1 unspecified atom stereocenters.